The fourth-order valence-electron chi connectivity index (χ4n) is 5.31. The van der Waals surface area contributed by atoms with Crippen LogP contribution in [0.2, 0.25) is 0 Å². The number of anilines is 1. The largest absolute Gasteiger partial charge is 0.497 e. The van der Waals surface area contributed by atoms with E-state index in [4.69, 9.17) is 4.74 Å². The number of nitrogens with one attached hydrogen (secondary N) is 1. The molecule has 2 amide bonds. The quantitative estimate of drug-likeness (QED) is 0.523. The van der Waals surface area contributed by atoms with Gasteiger partial charge < -0.3 is 15.0 Å². The van der Waals surface area contributed by atoms with Crippen molar-refractivity contribution in [2.45, 2.75) is 45.6 Å². The number of hydrogen-bond acceptors (Lipinski definition) is 6. The first kappa shape index (κ1) is 23.9. The highest BCUT2D eigenvalue weighted by Crippen LogP contribution is 2.34. The first-order chi connectivity index (χ1) is 17.4. The third kappa shape index (κ3) is 4.30. The van der Waals surface area contributed by atoms with E-state index in [2.05, 4.69) is 5.32 Å². The van der Waals surface area contributed by atoms with Crippen molar-refractivity contribution < 1.29 is 19.1 Å². The maximum Gasteiger partial charge on any atom is 0.257 e. The van der Waals surface area contributed by atoms with Gasteiger partial charge in [0.1, 0.15) is 17.6 Å². The van der Waals surface area contributed by atoms with E-state index in [1.54, 1.807) is 7.11 Å². The molecule has 0 radical (unpaired) electrons. The van der Waals surface area contributed by atoms with Gasteiger partial charge in [0, 0.05) is 24.2 Å². The van der Waals surface area contributed by atoms with E-state index in [-0.39, 0.29) is 24.0 Å². The third-order valence-electron chi connectivity index (χ3n) is 7.22. The van der Waals surface area contributed by atoms with Gasteiger partial charge in [-0.25, -0.2) is 4.90 Å². The second kappa shape index (κ2) is 9.64. The maximum atomic E-state index is 13.5. The van der Waals surface area contributed by atoms with Crippen LogP contribution in [0.15, 0.2) is 59.4 Å². The van der Waals surface area contributed by atoms with Crippen molar-refractivity contribution in [2.24, 2.45) is 0 Å². The molecule has 186 valence electrons. The van der Waals surface area contributed by atoms with Crippen molar-refractivity contribution in [2.75, 3.05) is 25.1 Å². The predicted molar refractivity (Wildman–Crippen MR) is 138 cm³/mol. The highest BCUT2D eigenvalue weighted by molar-refractivity contribution is 6.23. The van der Waals surface area contributed by atoms with Crippen LogP contribution in [0.25, 0.3) is 6.08 Å². The van der Waals surface area contributed by atoms with Gasteiger partial charge in [-0.05, 0) is 74.1 Å². The van der Waals surface area contributed by atoms with Crippen molar-refractivity contribution in [3.05, 3.63) is 76.1 Å². The second-order valence-electron chi connectivity index (χ2n) is 9.65. The molecule has 7 heteroatoms. The minimum atomic E-state index is -0.612. The van der Waals surface area contributed by atoms with Gasteiger partial charge in [0.25, 0.3) is 5.91 Å². The molecule has 3 aliphatic rings. The summed E-state index contributed by atoms with van der Waals surface area (Å²) >= 11 is 0. The van der Waals surface area contributed by atoms with Crippen molar-refractivity contribution in [3.8, 4) is 5.75 Å². The summed E-state index contributed by atoms with van der Waals surface area (Å²) in [4.78, 5) is 43.4. The van der Waals surface area contributed by atoms with E-state index in [1.807, 2.05) is 67.3 Å². The average Bonchev–Trinajstić information content (AvgIpc) is 3.46. The van der Waals surface area contributed by atoms with Crippen LogP contribution in [0, 0.1) is 13.8 Å². The van der Waals surface area contributed by atoms with Crippen LogP contribution in [0.3, 0.4) is 0 Å². The molecule has 7 nitrogen and oxygen atoms in total. The van der Waals surface area contributed by atoms with Gasteiger partial charge in [0.05, 0.1) is 19.2 Å². The molecule has 2 heterocycles. The van der Waals surface area contributed by atoms with Crippen molar-refractivity contribution in [3.63, 3.8) is 0 Å². The molecular formula is C29H31N3O4. The number of amides is 2. The van der Waals surface area contributed by atoms with Gasteiger partial charge in [-0.1, -0.05) is 24.3 Å². The Morgan fingerprint density at radius 3 is 2.56 bits per heavy atom. The monoisotopic (exact) mass is 485 g/mol. The lowest BCUT2D eigenvalue weighted by Gasteiger charge is -2.28. The molecule has 2 aromatic carbocycles. The van der Waals surface area contributed by atoms with E-state index in [0.717, 1.165) is 34.4 Å². The zero-order chi connectivity index (χ0) is 25.4. The van der Waals surface area contributed by atoms with Crippen LogP contribution in [0.1, 0.15) is 42.4 Å². The smallest absolute Gasteiger partial charge is 0.257 e. The number of methoxy groups -OCH3 is 1. The van der Waals surface area contributed by atoms with E-state index in [1.165, 1.54) is 4.90 Å². The summed E-state index contributed by atoms with van der Waals surface area (Å²) in [7, 11) is 1.63. The Balaban J connectivity index is 1.43. The molecule has 0 aromatic heterocycles. The highest BCUT2D eigenvalue weighted by atomic mass is 16.5. The number of ketones is 1. The molecule has 2 aromatic rings. The second-order valence-corrected chi connectivity index (χ2v) is 9.65. The van der Waals surface area contributed by atoms with E-state index in [0.29, 0.717) is 43.0 Å². The molecule has 1 N–H and O–H groups in total. The summed E-state index contributed by atoms with van der Waals surface area (Å²) in [6.45, 7) is 5.06. The number of aryl methyl sites for hydroxylation is 2. The molecule has 2 saturated heterocycles. The normalized spacial score (nSPS) is 23.6. The van der Waals surface area contributed by atoms with E-state index in [9.17, 15) is 14.4 Å². The molecule has 0 spiro atoms. The van der Waals surface area contributed by atoms with Crippen molar-refractivity contribution >= 4 is 29.4 Å². The molecule has 0 bridgehead atoms. The van der Waals surface area contributed by atoms with Gasteiger partial charge in [0.15, 0.2) is 5.78 Å². The van der Waals surface area contributed by atoms with Crippen LogP contribution in [0.4, 0.5) is 5.69 Å². The number of carbonyl (C=O) groups excluding carboxylic acids is 3. The summed E-state index contributed by atoms with van der Waals surface area (Å²) in [5.74, 6) is 1.05. The molecule has 5 rings (SSSR count). The van der Waals surface area contributed by atoms with Crippen LogP contribution < -0.4 is 15.0 Å². The standard InChI is InChI=1S/C29H31N3O4/c1-18-7-8-19(2)24(15-18)32-26(33)17-25(29(32)35)31-14-13-30-28(31)23-6-4-5-21(27(23)34)16-20-9-11-22(36-3)12-10-20/h7-12,15-16,25,30H,4-6,13-14,17H2,1-3H3. The number of hydrogen-bond donors (Lipinski definition) is 1. The summed E-state index contributed by atoms with van der Waals surface area (Å²) in [6.07, 6.45) is 4.25. The number of Topliss-reactive ketones (excluding diaryl/α,β-unsaturated/α-hetero) is 1. The third-order valence-corrected chi connectivity index (χ3v) is 7.22. The minimum Gasteiger partial charge on any atom is -0.497 e. The number of carbonyl (C=O) groups is 3. The van der Waals surface area contributed by atoms with E-state index >= 15 is 0 Å². The Bertz CT molecular complexity index is 1290. The minimum absolute atomic E-state index is 0.00891. The summed E-state index contributed by atoms with van der Waals surface area (Å²) in [5, 5.41) is 3.35. The highest BCUT2D eigenvalue weighted by Gasteiger charge is 2.45. The number of benzene rings is 2. The summed E-state index contributed by atoms with van der Waals surface area (Å²) in [5.41, 5.74) is 4.93. The van der Waals surface area contributed by atoms with Crippen LogP contribution in [0.5, 0.6) is 5.75 Å². The first-order valence-corrected chi connectivity index (χ1v) is 12.4. The van der Waals surface area contributed by atoms with Gasteiger partial charge >= 0.3 is 0 Å². The maximum absolute atomic E-state index is 13.5. The number of ether oxygens (including phenoxy) is 1. The van der Waals surface area contributed by atoms with Crippen LogP contribution >= 0.6 is 0 Å². The van der Waals surface area contributed by atoms with Gasteiger partial charge in [-0.3, -0.25) is 14.4 Å². The Kier molecular flexibility index (Phi) is 6.39. The Hall–Kier alpha value is -3.87. The molecule has 3 fully saturated rings. The number of rotatable bonds is 4. The lowest BCUT2D eigenvalue weighted by Crippen LogP contribution is -2.41. The van der Waals surface area contributed by atoms with Crippen molar-refractivity contribution in [1.29, 1.82) is 0 Å². The fourth-order valence-corrected chi connectivity index (χ4v) is 5.31. The topological polar surface area (TPSA) is 79.0 Å². The summed E-state index contributed by atoms with van der Waals surface area (Å²) < 4.78 is 5.23. The van der Waals surface area contributed by atoms with Gasteiger partial charge in [-0.15, -0.1) is 0 Å². The molecule has 1 aliphatic carbocycles. The predicted octanol–water partition coefficient (Wildman–Crippen LogP) is 3.90. The Labute approximate surface area is 211 Å². The van der Waals surface area contributed by atoms with Crippen molar-refractivity contribution in [1.82, 2.24) is 10.2 Å². The zero-order valence-corrected chi connectivity index (χ0v) is 21.0. The molecule has 2 aliphatic heterocycles. The lowest BCUT2D eigenvalue weighted by molar-refractivity contribution is -0.122. The summed E-state index contributed by atoms with van der Waals surface area (Å²) in [6, 6.07) is 12.8. The van der Waals surface area contributed by atoms with Crippen LogP contribution in [-0.2, 0) is 14.4 Å². The Morgan fingerprint density at radius 1 is 1.03 bits per heavy atom. The first-order valence-electron chi connectivity index (χ1n) is 12.4. The SMILES string of the molecule is COc1ccc(C=C2CCCC(=C3NCCN3C3CC(=O)N(c4cc(C)ccc4C)C3=O)C2=O)cc1. The zero-order valence-electron chi connectivity index (χ0n) is 21.0. The lowest BCUT2D eigenvalue weighted by atomic mass is 9.87. The molecule has 1 unspecified atom stereocenters. The van der Waals surface area contributed by atoms with Gasteiger partial charge in [0.2, 0.25) is 5.91 Å². The average molecular weight is 486 g/mol. The Morgan fingerprint density at radius 2 is 1.81 bits per heavy atom. The number of allylic oxidation sites excluding steroid dienone is 2. The van der Waals surface area contributed by atoms with E-state index < -0.39 is 6.04 Å². The number of nitrogens with zero attached hydrogens (tertiary/aromatic N) is 2. The fraction of sp³-hybridized carbons (Fsp3) is 0.345. The van der Waals surface area contributed by atoms with Crippen LogP contribution in [-0.4, -0.2) is 48.7 Å². The molecule has 36 heavy (non-hydrogen) atoms. The molecular weight excluding hydrogens is 454 g/mol. The number of imide groups is 1. The van der Waals surface area contributed by atoms with Gasteiger partial charge in [-0.2, -0.15) is 0 Å². The molecule has 1 saturated carbocycles. The molecule has 1 atom stereocenters.